The molecular formula is C8H17N3. The number of rotatable bonds is 0. The van der Waals surface area contributed by atoms with Crippen LogP contribution in [0.2, 0.25) is 0 Å². The molecule has 3 nitrogen and oxygen atoms in total. The van der Waals surface area contributed by atoms with E-state index in [9.17, 15) is 0 Å². The zero-order valence-electron chi connectivity index (χ0n) is 7.46. The van der Waals surface area contributed by atoms with Crippen molar-refractivity contribution in [1.82, 2.24) is 5.32 Å². The van der Waals surface area contributed by atoms with Gasteiger partial charge in [0.05, 0.1) is 0 Å². The molecule has 3 heteroatoms. The second-order valence-electron chi connectivity index (χ2n) is 3.47. The van der Waals surface area contributed by atoms with Gasteiger partial charge in [-0.3, -0.25) is 0 Å². The van der Waals surface area contributed by atoms with Crippen LogP contribution in [-0.4, -0.2) is 17.8 Å². The van der Waals surface area contributed by atoms with E-state index >= 15 is 0 Å². The maximum atomic E-state index is 5.28. The predicted molar refractivity (Wildman–Crippen MR) is 47.5 cm³/mol. The molecule has 0 bridgehead atoms. The quantitative estimate of drug-likeness (QED) is 0.400. The molecule has 0 aromatic heterocycles. The maximum absolute atomic E-state index is 5.28. The Morgan fingerprint density at radius 1 is 1.45 bits per heavy atom. The minimum Gasteiger partial charge on any atom is -0.323 e. The van der Waals surface area contributed by atoms with Crippen LogP contribution in [0, 0.1) is 5.92 Å². The molecule has 3 atom stereocenters. The lowest BCUT2D eigenvalue weighted by molar-refractivity contribution is 0.387. The topological polar surface area (TPSA) is 50.4 Å². The van der Waals surface area contributed by atoms with Crippen molar-refractivity contribution in [3.63, 3.8) is 0 Å². The van der Waals surface area contributed by atoms with Crippen molar-refractivity contribution in [2.45, 2.75) is 39.3 Å². The average molecular weight is 155 g/mol. The number of nitrogens with two attached hydrogens (primary N) is 1. The van der Waals surface area contributed by atoms with Crippen LogP contribution in [0.25, 0.3) is 0 Å². The summed E-state index contributed by atoms with van der Waals surface area (Å²) in [5.74, 6) is 5.76. The van der Waals surface area contributed by atoms with E-state index in [2.05, 4.69) is 31.2 Å². The summed E-state index contributed by atoms with van der Waals surface area (Å²) in [6, 6.07) is 1.02. The summed E-state index contributed by atoms with van der Waals surface area (Å²) in [6.07, 6.45) is 0.988. The van der Waals surface area contributed by atoms with E-state index in [1.807, 2.05) is 0 Å². The molecule has 1 aliphatic rings. The maximum Gasteiger partial charge on any atom is 0.0434 e. The average Bonchev–Trinajstić information content (AvgIpc) is 1.96. The molecule has 1 aliphatic heterocycles. The summed E-state index contributed by atoms with van der Waals surface area (Å²) in [5.41, 5.74) is 1.14. The lowest BCUT2D eigenvalue weighted by Gasteiger charge is -2.32. The Morgan fingerprint density at radius 2 is 2.09 bits per heavy atom. The van der Waals surface area contributed by atoms with Crippen LogP contribution in [0.15, 0.2) is 5.10 Å². The summed E-state index contributed by atoms with van der Waals surface area (Å²) >= 11 is 0. The SMILES string of the molecule is CC1C/C(=N/N)C(C)C(C)N1. The Kier molecular flexibility index (Phi) is 2.49. The van der Waals surface area contributed by atoms with Gasteiger partial charge < -0.3 is 11.2 Å². The highest BCUT2D eigenvalue weighted by molar-refractivity contribution is 5.88. The molecule has 0 aliphatic carbocycles. The van der Waals surface area contributed by atoms with Gasteiger partial charge in [-0.05, 0) is 13.8 Å². The monoisotopic (exact) mass is 155 g/mol. The van der Waals surface area contributed by atoms with Crippen molar-refractivity contribution in [2.75, 3.05) is 0 Å². The lowest BCUT2D eigenvalue weighted by Crippen LogP contribution is -2.48. The van der Waals surface area contributed by atoms with Gasteiger partial charge >= 0.3 is 0 Å². The molecule has 1 heterocycles. The Labute approximate surface area is 68.0 Å². The van der Waals surface area contributed by atoms with Gasteiger partial charge in [-0.1, -0.05) is 6.92 Å². The molecule has 1 fully saturated rings. The van der Waals surface area contributed by atoms with E-state index in [0.29, 0.717) is 18.0 Å². The number of piperidine rings is 1. The van der Waals surface area contributed by atoms with Crippen LogP contribution in [0.1, 0.15) is 27.2 Å². The van der Waals surface area contributed by atoms with Gasteiger partial charge in [-0.25, -0.2) is 0 Å². The summed E-state index contributed by atoms with van der Waals surface area (Å²) in [5, 5.41) is 7.26. The third kappa shape index (κ3) is 1.71. The van der Waals surface area contributed by atoms with Crippen LogP contribution >= 0.6 is 0 Å². The van der Waals surface area contributed by atoms with Crippen molar-refractivity contribution in [1.29, 1.82) is 0 Å². The first-order valence-corrected chi connectivity index (χ1v) is 4.18. The van der Waals surface area contributed by atoms with Crippen molar-refractivity contribution in [3.05, 3.63) is 0 Å². The Balaban J connectivity index is 2.67. The van der Waals surface area contributed by atoms with E-state index in [1.54, 1.807) is 0 Å². The fourth-order valence-electron chi connectivity index (χ4n) is 1.61. The van der Waals surface area contributed by atoms with E-state index in [0.717, 1.165) is 12.1 Å². The first-order valence-electron chi connectivity index (χ1n) is 4.18. The summed E-state index contributed by atoms with van der Waals surface area (Å²) in [6.45, 7) is 6.49. The molecule has 0 amide bonds. The molecule has 0 spiro atoms. The van der Waals surface area contributed by atoms with E-state index in [4.69, 9.17) is 5.84 Å². The second-order valence-corrected chi connectivity index (χ2v) is 3.47. The lowest BCUT2D eigenvalue weighted by atomic mass is 9.88. The fourth-order valence-corrected chi connectivity index (χ4v) is 1.61. The molecule has 1 rings (SSSR count). The number of hydrogen-bond donors (Lipinski definition) is 2. The minimum atomic E-state index is 0.483. The second kappa shape index (κ2) is 3.22. The first kappa shape index (κ1) is 8.53. The van der Waals surface area contributed by atoms with E-state index in [1.165, 1.54) is 0 Å². The van der Waals surface area contributed by atoms with Crippen LogP contribution in [0.4, 0.5) is 0 Å². The molecule has 64 valence electrons. The van der Waals surface area contributed by atoms with Gasteiger partial charge in [-0.2, -0.15) is 5.10 Å². The highest BCUT2D eigenvalue weighted by atomic mass is 15.1. The number of hydrogen-bond acceptors (Lipinski definition) is 3. The molecule has 0 radical (unpaired) electrons. The van der Waals surface area contributed by atoms with Crippen molar-refractivity contribution in [2.24, 2.45) is 16.9 Å². The highest BCUT2D eigenvalue weighted by Gasteiger charge is 2.26. The third-order valence-corrected chi connectivity index (χ3v) is 2.50. The first-order chi connectivity index (χ1) is 5.15. The normalized spacial score (nSPS) is 42.8. The summed E-state index contributed by atoms with van der Waals surface area (Å²) in [7, 11) is 0. The van der Waals surface area contributed by atoms with Crippen molar-refractivity contribution >= 4 is 5.71 Å². The smallest absolute Gasteiger partial charge is 0.0434 e. The van der Waals surface area contributed by atoms with Gasteiger partial charge in [0.15, 0.2) is 0 Å². The number of nitrogens with one attached hydrogen (secondary N) is 1. The van der Waals surface area contributed by atoms with Crippen LogP contribution in [0.3, 0.4) is 0 Å². The standard InChI is InChI=1S/C8H17N3/c1-5-4-8(11-9)6(2)7(3)10-5/h5-7,10H,4,9H2,1-3H3/b11-8-. The van der Waals surface area contributed by atoms with E-state index in [-0.39, 0.29) is 0 Å². The molecule has 0 saturated carbocycles. The number of nitrogens with zero attached hydrogens (tertiary/aromatic N) is 1. The van der Waals surface area contributed by atoms with Gasteiger partial charge in [0.2, 0.25) is 0 Å². The van der Waals surface area contributed by atoms with Gasteiger partial charge in [-0.15, -0.1) is 0 Å². The Bertz CT molecular complexity index is 165. The summed E-state index contributed by atoms with van der Waals surface area (Å²) in [4.78, 5) is 0. The largest absolute Gasteiger partial charge is 0.323 e. The van der Waals surface area contributed by atoms with Gasteiger partial charge in [0.1, 0.15) is 0 Å². The van der Waals surface area contributed by atoms with Crippen LogP contribution < -0.4 is 11.2 Å². The number of hydrazone groups is 1. The molecule has 3 unspecified atom stereocenters. The third-order valence-electron chi connectivity index (χ3n) is 2.50. The zero-order valence-corrected chi connectivity index (χ0v) is 7.46. The molecule has 11 heavy (non-hydrogen) atoms. The molecule has 0 aromatic rings. The molecule has 0 aromatic carbocycles. The highest BCUT2D eigenvalue weighted by Crippen LogP contribution is 2.16. The predicted octanol–water partition coefficient (Wildman–Crippen LogP) is 0.708. The molecule has 1 saturated heterocycles. The molecule has 3 N–H and O–H groups in total. The van der Waals surface area contributed by atoms with Crippen molar-refractivity contribution < 1.29 is 0 Å². The Hall–Kier alpha value is -0.570. The van der Waals surface area contributed by atoms with E-state index < -0.39 is 0 Å². The summed E-state index contributed by atoms with van der Waals surface area (Å²) < 4.78 is 0. The van der Waals surface area contributed by atoms with Crippen LogP contribution in [-0.2, 0) is 0 Å². The zero-order chi connectivity index (χ0) is 8.43. The van der Waals surface area contributed by atoms with Gasteiger partial charge in [0, 0.05) is 30.1 Å². The Morgan fingerprint density at radius 3 is 2.64 bits per heavy atom. The fraction of sp³-hybridized carbons (Fsp3) is 0.875. The van der Waals surface area contributed by atoms with Crippen LogP contribution in [0.5, 0.6) is 0 Å². The van der Waals surface area contributed by atoms with Gasteiger partial charge in [0.25, 0.3) is 0 Å². The van der Waals surface area contributed by atoms with Crippen molar-refractivity contribution in [3.8, 4) is 0 Å². The molecular weight excluding hydrogens is 138 g/mol. The minimum absolute atomic E-state index is 0.483.